The third kappa shape index (κ3) is 2.21. The summed E-state index contributed by atoms with van der Waals surface area (Å²) >= 11 is 0. The zero-order chi connectivity index (χ0) is 16.2. The van der Waals surface area contributed by atoms with Gasteiger partial charge in [-0.3, -0.25) is 5.10 Å². The molecule has 4 rings (SSSR count). The third-order valence-corrected chi connectivity index (χ3v) is 4.97. The van der Waals surface area contributed by atoms with Crippen molar-refractivity contribution in [2.45, 2.75) is 38.9 Å². The van der Waals surface area contributed by atoms with E-state index >= 15 is 0 Å². The van der Waals surface area contributed by atoms with E-state index in [9.17, 15) is 0 Å². The van der Waals surface area contributed by atoms with Crippen molar-refractivity contribution in [3.05, 3.63) is 36.5 Å². The van der Waals surface area contributed by atoms with E-state index in [0.29, 0.717) is 0 Å². The summed E-state index contributed by atoms with van der Waals surface area (Å²) in [5, 5.41) is 8.56. The van der Waals surface area contributed by atoms with Crippen molar-refractivity contribution in [1.29, 1.82) is 0 Å². The molecule has 1 aromatic carbocycles. The highest BCUT2D eigenvalue weighted by Gasteiger charge is 2.51. The molecule has 0 unspecified atom stereocenters. The van der Waals surface area contributed by atoms with Crippen molar-refractivity contribution in [1.82, 2.24) is 15.2 Å². The van der Waals surface area contributed by atoms with Gasteiger partial charge in [0.05, 0.1) is 22.4 Å². The van der Waals surface area contributed by atoms with Crippen LogP contribution in [0.4, 0.5) is 0 Å². The lowest BCUT2D eigenvalue weighted by atomic mass is 9.78. The molecule has 0 aliphatic carbocycles. The van der Waals surface area contributed by atoms with Crippen molar-refractivity contribution in [2.75, 3.05) is 0 Å². The van der Waals surface area contributed by atoms with Crippen LogP contribution in [0.25, 0.3) is 22.3 Å². The Morgan fingerprint density at radius 2 is 1.78 bits per heavy atom. The number of H-pyrrole nitrogens is 2. The molecular weight excluding hydrogens is 289 g/mol. The Labute approximate surface area is 135 Å². The summed E-state index contributed by atoms with van der Waals surface area (Å²) in [5.41, 5.74) is 3.21. The van der Waals surface area contributed by atoms with E-state index in [0.717, 1.165) is 27.8 Å². The Bertz CT molecular complexity index is 836. The highest BCUT2D eigenvalue weighted by molar-refractivity contribution is 6.62. The molecule has 2 aromatic heterocycles. The van der Waals surface area contributed by atoms with Gasteiger partial charge in [0.1, 0.15) is 5.69 Å². The highest BCUT2D eigenvalue weighted by Crippen LogP contribution is 2.36. The Kier molecular flexibility index (Phi) is 2.99. The van der Waals surface area contributed by atoms with Gasteiger partial charge >= 0.3 is 7.12 Å². The number of hydrogen-bond acceptors (Lipinski definition) is 3. The summed E-state index contributed by atoms with van der Waals surface area (Å²) in [4.78, 5) is 3.20. The van der Waals surface area contributed by atoms with Crippen molar-refractivity contribution in [2.24, 2.45) is 0 Å². The first kappa shape index (κ1) is 14.5. The molecule has 3 aromatic rings. The molecule has 0 atom stereocenters. The smallest absolute Gasteiger partial charge is 0.399 e. The van der Waals surface area contributed by atoms with Gasteiger partial charge < -0.3 is 14.3 Å². The fraction of sp³-hybridized carbons (Fsp3) is 0.353. The van der Waals surface area contributed by atoms with Gasteiger partial charge in [0.15, 0.2) is 0 Å². The molecule has 1 aliphatic rings. The molecule has 0 radical (unpaired) electrons. The van der Waals surface area contributed by atoms with Crippen molar-refractivity contribution in [3.8, 4) is 11.4 Å². The minimum Gasteiger partial charge on any atom is -0.399 e. The van der Waals surface area contributed by atoms with Gasteiger partial charge in [0.2, 0.25) is 0 Å². The fourth-order valence-electron chi connectivity index (χ4n) is 2.84. The summed E-state index contributed by atoms with van der Waals surface area (Å²) in [7, 11) is -0.365. The summed E-state index contributed by atoms with van der Waals surface area (Å²) in [5.74, 6) is 0. The fourth-order valence-corrected chi connectivity index (χ4v) is 2.84. The van der Waals surface area contributed by atoms with E-state index in [-0.39, 0.29) is 18.3 Å². The van der Waals surface area contributed by atoms with Crippen LogP contribution in [-0.4, -0.2) is 33.5 Å². The van der Waals surface area contributed by atoms with Crippen molar-refractivity contribution >= 4 is 23.5 Å². The maximum absolute atomic E-state index is 6.15. The number of aromatic amines is 2. The number of fused-ring (bicyclic) bond motifs is 1. The van der Waals surface area contributed by atoms with Crippen molar-refractivity contribution in [3.63, 3.8) is 0 Å². The summed E-state index contributed by atoms with van der Waals surface area (Å²) < 4.78 is 12.3. The quantitative estimate of drug-likeness (QED) is 0.716. The molecule has 0 saturated carbocycles. The number of benzene rings is 1. The average Bonchev–Trinajstić information content (AvgIpc) is 3.17. The molecule has 0 bridgehead atoms. The summed E-state index contributed by atoms with van der Waals surface area (Å²) in [6, 6.07) is 10.1. The number of rotatable bonds is 2. The average molecular weight is 309 g/mol. The highest BCUT2D eigenvalue weighted by atomic mass is 16.7. The van der Waals surface area contributed by atoms with Gasteiger partial charge in [-0.05, 0) is 51.4 Å². The Morgan fingerprint density at radius 3 is 2.43 bits per heavy atom. The van der Waals surface area contributed by atoms with Crippen LogP contribution < -0.4 is 5.46 Å². The maximum atomic E-state index is 6.15. The first-order valence-electron chi connectivity index (χ1n) is 7.85. The van der Waals surface area contributed by atoms with Crippen LogP contribution in [0.3, 0.4) is 0 Å². The molecule has 0 spiro atoms. The zero-order valence-corrected chi connectivity index (χ0v) is 13.8. The van der Waals surface area contributed by atoms with E-state index in [4.69, 9.17) is 9.31 Å². The second-order valence-corrected chi connectivity index (χ2v) is 7.05. The van der Waals surface area contributed by atoms with Crippen LogP contribution in [0.2, 0.25) is 0 Å². The van der Waals surface area contributed by atoms with Crippen LogP contribution in [-0.2, 0) is 9.31 Å². The Balaban J connectivity index is 1.77. The van der Waals surface area contributed by atoms with E-state index in [1.165, 1.54) is 0 Å². The number of hydrogen-bond donors (Lipinski definition) is 2. The van der Waals surface area contributed by atoms with E-state index in [1.807, 2.05) is 30.5 Å². The van der Waals surface area contributed by atoms with Crippen molar-refractivity contribution < 1.29 is 9.31 Å². The van der Waals surface area contributed by atoms with Crippen LogP contribution in [0, 0.1) is 0 Å². The lowest BCUT2D eigenvalue weighted by molar-refractivity contribution is 0.00578. The number of nitrogens with zero attached hydrogens (tertiary/aromatic N) is 1. The summed E-state index contributed by atoms with van der Waals surface area (Å²) in [6.07, 6.45) is 1.90. The van der Waals surface area contributed by atoms with Crippen LogP contribution in [0.5, 0.6) is 0 Å². The summed E-state index contributed by atoms with van der Waals surface area (Å²) in [6.45, 7) is 8.25. The minimum absolute atomic E-state index is 0.342. The van der Waals surface area contributed by atoms with Gasteiger partial charge in [-0.2, -0.15) is 5.10 Å². The number of nitrogens with one attached hydrogen (secondary N) is 2. The van der Waals surface area contributed by atoms with Gasteiger partial charge in [-0.25, -0.2) is 0 Å². The third-order valence-electron chi connectivity index (χ3n) is 4.97. The van der Waals surface area contributed by atoms with Gasteiger partial charge in [0.25, 0.3) is 0 Å². The molecule has 5 nitrogen and oxygen atoms in total. The van der Waals surface area contributed by atoms with Gasteiger partial charge in [0, 0.05) is 11.6 Å². The Hall–Kier alpha value is -2.05. The second-order valence-electron chi connectivity index (χ2n) is 7.05. The molecule has 118 valence electrons. The second kappa shape index (κ2) is 4.72. The molecule has 0 amide bonds. The minimum atomic E-state index is -0.365. The standard InChI is InChI=1S/C17H20BN3O2/c1-16(2)17(3,4)23-18(22-16)11-7-8-13-12(10-11)15(21-20-13)14-6-5-9-19-14/h5-10,19H,1-4H3,(H,20,21). The largest absolute Gasteiger partial charge is 0.494 e. The molecule has 6 heteroatoms. The van der Waals surface area contributed by atoms with E-state index in [1.54, 1.807) is 0 Å². The predicted octanol–water partition coefficient (Wildman–Crippen LogP) is 2.86. The lowest BCUT2D eigenvalue weighted by Gasteiger charge is -2.32. The zero-order valence-electron chi connectivity index (χ0n) is 13.8. The maximum Gasteiger partial charge on any atom is 0.494 e. The normalized spacial score (nSPS) is 19.6. The molecule has 1 saturated heterocycles. The van der Waals surface area contributed by atoms with Gasteiger partial charge in [-0.15, -0.1) is 0 Å². The number of aromatic nitrogens is 3. The molecule has 3 heterocycles. The monoisotopic (exact) mass is 309 g/mol. The van der Waals surface area contributed by atoms with Crippen LogP contribution in [0.15, 0.2) is 36.5 Å². The molecule has 23 heavy (non-hydrogen) atoms. The first-order chi connectivity index (χ1) is 10.9. The lowest BCUT2D eigenvalue weighted by Crippen LogP contribution is -2.41. The van der Waals surface area contributed by atoms with Gasteiger partial charge in [-0.1, -0.05) is 12.1 Å². The predicted molar refractivity (Wildman–Crippen MR) is 91.6 cm³/mol. The van der Waals surface area contributed by atoms with E-state index < -0.39 is 0 Å². The molecule has 2 N–H and O–H groups in total. The molecule has 1 aliphatic heterocycles. The SMILES string of the molecule is CC1(C)OB(c2ccc3[nH]nc(-c4ccc[nH]4)c3c2)OC1(C)C. The molecule has 1 fully saturated rings. The topological polar surface area (TPSA) is 62.9 Å². The van der Waals surface area contributed by atoms with E-state index in [2.05, 4.69) is 48.9 Å². The molecular formula is C17H20BN3O2. The van der Waals surface area contributed by atoms with Crippen LogP contribution >= 0.6 is 0 Å². The Morgan fingerprint density at radius 1 is 1.04 bits per heavy atom. The van der Waals surface area contributed by atoms with Crippen LogP contribution in [0.1, 0.15) is 27.7 Å². The first-order valence-corrected chi connectivity index (χ1v) is 7.85.